The summed E-state index contributed by atoms with van der Waals surface area (Å²) in [7, 11) is 2.11. The Morgan fingerprint density at radius 1 is 0.500 bits per heavy atom. The zero-order valence-corrected chi connectivity index (χ0v) is 12.5. The van der Waals surface area contributed by atoms with Gasteiger partial charge in [-0.3, -0.25) is 0 Å². The van der Waals surface area contributed by atoms with Crippen molar-refractivity contribution in [1.82, 2.24) is 0 Å². The van der Waals surface area contributed by atoms with E-state index < -0.39 is 0 Å². The lowest BCUT2D eigenvalue weighted by Gasteiger charge is -2.20. The Bertz CT molecular complexity index is 941. The molecule has 1 nitrogen and oxygen atoms in total. The van der Waals surface area contributed by atoms with Crippen LogP contribution in [0.4, 0.5) is 11.4 Å². The molecule has 4 rings (SSSR count). The summed E-state index contributed by atoms with van der Waals surface area (Å²) in [6.07, 6.45) is 0. The van der Waals surface area contributed by atoms with Crippen molar-refractivity contribution in [2.75, 3.05) is 11.9 Å². The number of hydrogen-bond acceptors (Lipinski definition) is 1. The largest absolute Gasteiger partial charge is 0.345 e. The molecule has 0 atom stereocenters. The topological polar surface area (TPSA) is 3.24 Å². The molecule has 22 heavy (non-hydrogen) atoms. The summed E-state index contributed by atoms with van der Waals surface area (Å²) in [6, 6.07) is 30.1. The van der Waals surface area contributed by atoms with Crippen molar-refractivity contribution in [3.8, 4) is 0 Å². The quantitative estimate of drug-likeness (QED) is 0.423. The zero-order valence-electron chi connectivity index (χ0n) is 12.5. The second-order valence-electron chi connectivity index (χ2n) is 5.63. The van der Waals surface area contributed by atoms with Crippen LogP contribution in [0, 0.1) is 0 Å². The number of para-hydroxylation sites is 1. The molecule has 0 bridgehead atoms. The van der Waals surface area contributed by atoms with Gasteiger partial charge in [-0.05, 0) is 57.9 Å². The van der Waals surface area contributed by atoms with Gasteiger partial charge in [0.2, 0.25) is 0 Å². The molecule has 0 aliphatic rings. The second kappa shape index (κ2) is 5.19. The van der Waals surface area contributed by atoms with Crippen molar-refractivity contribution < 1.29 is 0 Å². The minimum Gasteiger partial charge on any atom is -0.345 e. The summed E-state index contributed by atoms with van der Waals surface area (Å²) in [5, 5.41) is 5.14. The Labute approximate surface area is 130 Å². The van der Waals surface area contributed by atoms with E-state index in [1.54, 1.807) is 0 Å². The van der Waals surface area contributed by atoms with Crippen LogP contribution in [0.2, 0.25) is 0 Å². The molecule has 4 aromatic carbocycles. The molecule has 0 aliphatic carbocycles. The molecular weight excluding hydrogens is 266 g/mol. The molecule has 0 radical (unpaired) electrons. The zero-order chi connectivity index (χ0) is 14.9. The summed E-state index contributed by atoms with van der Waals surface area (Å²) in [5.74, 6) is 0. The van der Waals surface area contributed by atoms with Gasteiger partial charge in [0.1, 0.15) is 0 Å². The third-order valence-corrected chi connectivity index (χ3v) is 4.22. The molecule has 0 saturated heterocycles. The maximum atomic E-state index is 2.27. The van der Waals surface area contributed by atoms with Gasteiger partial charge in [0.25, 0.3) is 0 Å². The van der Waals surface area contributed by atoms with Crippen molar-refractivity contribution in [1.29, 1.82) is 0 Å². The average Bonchev–Trinajstić information content (AvgIpc) is 2.59. The summed E-state index contributed by atoms with van der Waals surface area (Å²) in [6.45, 7) is 0. The van der Waals surface area contributed by atoms with Gasteiger partial charge >= 0.3 is 0 Å². The highest BCUT2D eigenvalue weighted by Crippen LogP contribution is 2.29. The predicted molar refractivity (Wildman–Crippen MR) is 96.0 cm³/mol. The molecule has 0 saturated carbocycles. The summed E-state index contributed by atoms with van der Waals surface area (Å²) in [4.78, 5) is 2.22. The molecule has 0 amide bonds. The molecule has 0 aliphatic heterocycles. The fraction of sp³-hybridized carbons (Fsp3) is 0.0476. The SMILES string of the molecule is CN(c1ccccc1)c1ccc2cc3ccccc3cc2c1. The first-order valence-corrected chi connectivity index (χ1v) is 7.53. The maximum Gasteiger partial charge on any atom is 0.0414 e. The van der Waals surface area contributed by atoms with Gasteiger partial charge in [-0.15, -0.1) is 0 Å². The van der Waals surface area contributed by atoms with Gasteiger partial charge in [0, 0.05) is 18.4 Å². The Morgan fingerprint density at radius 3 is 1.82 bits per heavy atom. The van der Waals surface area contributed by atoms with Crippen LogP contribution in [-0.4, -0.2) is 7.05 Å². The van der Waals surface area contributed by atoms with Crippen molar-refractivity contribution in [2.24, 2.45) is 0 Å². The van der Waals surface area contributed by atoms with Crippen LogP contribution >= 0.6 is 0 Å². The van der Waals surface area contributed by atoms with Crippen molar-refractivity contribution in [3.63, 3.8) is 0 Å². The van der Waals surface area contributed by atoms with Crippen LogP contribution in [0.5, 0.6) is 0 Å². The lowest BCUT2D eigenvalue weighted by atomic mass is 10.0. The molecular formula is C21H17N. The monoisotopic (exact) mass is 283 g/mol. The highest BCUT2D eigenvalue weighted by Gasteiger charge is 2.05. The van der Waals surface area contributed by atoms with Crippen LogP contribution in [-0.2, 0) is 0 Å². The van der Waals surface area contributed by atoms with E-state index in [4.69, 9.17) is 0 Å². The van der Waals surface area contributed by atoms with E-state index in [1.165, 1.54) is 32.9 Å². The lowest BCUT2D eigenvalue weighted by Crippen LogP contribution is -2.08. The first-order chi connectivity index (χ1) is 10.8. The van der Waals surface area contributed by atoms with Gasteiger partial charge in [-0.2, -0.15) is 0 Å². The second-order valence-corrected chi connectivity index (χ2v) is 5.63. The standard InChI is InChI=1S/C21H17N/c1-22(20-9-3-2-4-10-20)21-12-11-18-13-16-7-5-6-8-17(16)14-19(18)15-21/h2-15H,1H3. The van der Waals surface area contributed by atoms with Crippen LogP contribution in [0.3, 0.4) is 0 Å². The molecule has 1 heteroatoms. The minimum atomic E-state index is 1.20. The Kier molecular flexibility index (Phi) is 3.05. The first-order valence-electron chi connectivity index (χ1n) is 7.53. The van der Waals surface area contributed by atoms with E-state index in [0.29, 0.717) is 0 Å². The molecule has 0 N–H and O–H groups in total. The van der Waals surface area contributed by atoms with Gasteiger partial charge in [-0.1, -0.05) is 48.5 Å². The van der Waals surface area contributed by atoms with E-state index in [9.17, 15) is 0 Å². The van der Waals surface area contributed by atoms with Gasteiger partial charge in [0.15, 0.2) is 0 Å². The van der Waals surface area contributed by atoms with E-state index in [2.05, 4.69) is 90.8 Å². The van der Waals surface area contributed by atoms with Crippen LogP contribution < -0.4 is 4.90 Å². The summed E-state index contributed by atoms with van der Waals surface area (Å²) < 4.78 is 0. The molecule has 0 unspecified atom stereocenters. The minimum absolute atomic E-state index is 1.20. The third-order valence-electron chi connectivity index (χ3n) is 4.22. The maximum absolute atomic E-state index is 2.27. The number of anilines is 2. The van der Waals surface area contributed by atoms with Crippen molar-refractivity contribution in [2.45, 2.75) is 0 Å². The van der Waals surface area contributed by atoms with Gasteiger partial charge in [0.05, 0.1) is 0 Å². The molecule has 0 spiro atoms. The van der Waals surface area contributed by atoms with E-state index in [-0.39, 0.29) is 0 Å². The summed E-state index contributed by atoms with van der Waals surface area (Å²) >= 11 is 0. The van der Waals surface area contributed by atoms with Crippen LogP contribution in [0.15, 0.2) is 84.9 Å². The molecule has 4 aromatic rings. The van der Waals surface area contributed by atoms with E-state index in [0.717, 1.165) is 0 Å². The van der Waals surface area contributed by atoms with Gasteiger partial charge < -0.3 is 4.90 Å². The fourth-order valence-corrected chi connectivity index (χ4v) is 2.94. The van der Waals surface area contributed by atoms with Gasteiger partial charge in [-0.25, -0.2) is 0 Å². The number of hydrogen-bond donors (Lipinski definition) is 0. The lowest BCUT2D eigenvalue weighted by molar-refractivity contribution is 1.21. The summed E-state index contributed by atoms with van der Waals surface area (Å²) in [5.41, 5.74) is 2.40. The Balaban J connectivity index is 1.84. The molecule has 106 valence electrons. The number of benzene rings is 4. The van der Waals surface area contributed by atoms with Crippen LogP contribution in [0.1, 0.15) is 0 Å². The molecule has 0 fully saturated rings. The fourth-order valence-electron chi connectivity index (χ4n) is 2.94. The van der Waals surface area contributed by atoms with E-state index >= 15 is 0 Å². The third kappa shape index (κ3) is 2.21. The van der Waals surface area contributed by atoms with E-state index in [1.807, 2.05) is 6.07 Å². The smallest absolute Gasteiger partial charge is 0.0414 e. The highest BCUT2D eigenvalue weighted by molar-refractivity contribution is 5.99. The van der Waals surface area contributed by atoms with Crippen molar-refractivity contribution >= 4 is 32.9 Å². The number of nitrogens with zero attached hydrogens (tertiary/aromatic N) is 1. The molecule has 0 aromatic heterocycles. The van der Waals surface area contributed by atoms with Crippen molar-refractivity contribution in [3.05, 3.63) is 84.9 Å². The Morgan fingerprint density at radius 2 is 1.09 bits per heavy atom. The average molecular weight is 283 g/mol. The number of fused-ring (bicyclic) bond motifs is 2. The Hall–Kier alpha value is -2.80. The number of rotatable bonds is 2. The van der Waals surface area contributed by atoms with Crippen LogP contribution in [0.25, 0.3) is 21.5 Å². The first kappa shape index (κ1) is 12.9. The predicted octanol–water partition coefficient (Wildman–Crippen LogP) is 5.76. The highest BCUT2D eigenvalue weighted by atomic mass is 15.1. The normalized spacial score (nSPS) is 11.0. The molecule has 0 heterocycles.